The van der Waals surface area contributed by atoms with E-state index in [9.17, 15) is 0 Å². The minimum Gasteiger partial charge on any atom is -0.405 e. The molecule has 0 fully saturated rings. The molecule has 1 atom stereocenters. The molecule has 0 aliphatic heterocycles. The number of para-hydroxylation sites is 3. The van der Waals surface area contributed by atoms with Crippen LogP contribution in [0.25, 0.3) is 77.1 Å². The van der Waals surface area contributed by atoms with Crippen molar-refractivity contribution in [1.29, 1.82) is 0 Å². The van der Waals surface area contributed by atoms with Gasteiger partial charge in [-0.05, 0) is 114 Å². The highest BCUT2D eigenvalue weighted by Gasteiger charge is 2.19. The Hall–Kier alpha value is -6.58. The van der Waals surface area contributed by atoms with Crippen molar-refractivity contribution < 1.29 is 0 Å². The summed E-state index contributed by atoms with van der Waals surface area (Å²) >= 11 is 0. The summed E-state index contributed by atoms with van der Waals surface area (Å²) in [6, 6.07) is 61.7. The third kappa shape index (κ3) is 5.71. The largest absolute Gasteiger partial charge is 0.405 e. The number of hydrogen-bond acceptors (Lipinski definition) is 1. The van der Waals surface area contributed by atoms with Gasteiger partial charge in [-0.2, -0.15) is 0 Å². The number of hydrogen-bond donors (Lipinski definition) is 1. The van der Waals surface area contributed by atoms with Gasteiger partial charge in [-0.25, -0.2) is 0 Å². The number of nitrogens with two attached hydrogens (primary N) is 1. The van der Waals surface area contributed by atoms with Gasteiger partial charge < -0.3 is 14.9 Å². The molecule has 3 nitrogen and oxygen atoms in total. The molecule has 9 aromatic rings. The van der Waals surface area contributed by atoms with E-state index in [-0.39, 0.29) is 6.04 Å². The van der Waals surface area contributed by atoms with Crippen LogP contribution in [0.5, 0.6) is 0 Å². The molecule has 7 aromatic carbocycles. The van der Waals surface area contributed by atoms with Crippen LogP contribution in [0.1, 0.15) is 31.9 Å². The lowest BCUT2D eigenvalue weighted by Gasteiger charge is -2.19. The first-order chi connectivity index (χ1) is 26.1. The minimum atomic E-state index is 0.216. The van der Waals surface area contributed by atoms with E-state index in [0.29, 0.717) is 0 Å². The Kier molecular flexibility index (Phi) is 8.25. The van der Waals surface area contributed by atoms with Gasteiger partial charge in [0.2, 0.25) is 0 Å². The third-order valence-corrected chi connectivity index (χ3v) is 10.8. The fourth-order valence-corrected chi connectivity index (χ4v) is 8.36. The summed E-state index contributed by atoms with van der Waals surface area (Å²) in [5, 5.41) is 5.08. The summed E-state index contributed by atoms with van der Waals surface area (Å²) in [5.41, 5.74) is 20.6. The second-order valence-electron chi connectivity index (χ2n) is 14.1. The van der Waals surface area contributed by atoms with E-state index in [4.69, 9.17) is 5.73 Å². The average Bonchev–Trinajstić information content (AvgIpc) is 3.73. The van der Waals surface area contributed by atoms with Crippen molar-refractivity contribution in [2.45, 2.75) is 26.3 Å². The maximum absolute atomic E-state index is 6.03. The number of nitrogens with zero attached hydrogens (tertiary/aromatic N) is 2. The predicted molar refractivity (Wildman–Crippen MR) is 226 cm³/mol. The van der Waals surface area contributed by atoms with E-state index in [1.807, 2.05) is 6.08 Å². The van der Waals surface area contributed by atoms with Crippen LogP contribution in [0, 0.1) is 0 Å². The van der Waals surface area contributed by atoms with E-state index in [0.717, 1.165) is 6.42 Å². The van der Waals surface area contributed by atoms with E-state index in [1.54, 1.807) is 6.20 Å². The highest BCUT2D eigenvalue weighted by atomic mass is 15.0. The van der Waals surface area contributed by atoms with E-state index >= 15 is 0 Å². The van der Waals surface area contributed by atoms with Crippen molar-refractivity contribution >= 4 is 49.2 Å². The van der Waals surface area contributed by atoms with Gasteiger partial charge in [-0.15, -0.1) is 0 Å². The average molecular weight is 684 g/mol. The molecule has 9 rings (SSSR count). The standard InChI is InChI=1S/C50H41N3/c1-34(42(29-30-51)38-23-21-37(22-24-38)36-13-5-3-6-14-36)31-35(2)52-47-19-11-9-17-43(47)45-32-39(25-27-49(45)52)40-26-28-50-46(33-40)44-18-10-12-20-48(44)53(50)41-15-7-4-8-16-41/h3-30,32-33,35H,31,51H2,1-2H3/b30-29-,42-34+. The summed E-state index contributed by atoms with van der Waals surface area (Å²) in [6.07, 6.45) is 4.59. The van der Waals surface area contributed by atoms with Crippen LogP contribution in [-0.4, -0.2) is 9.13 Å². The molecule has 0 bridgehead atoms. The molecule has 1 unspecified atom stereocenters. The van der Waals surface area contributed by atoms with Crippen LogP contribution in [0.3, 0.4) is 0 Å². The Bertz CT molecular complexity index is 2820. The lowest BCUT2D eigenvalue weighted by atomic mass is 9.94. The highest BCUT2D eigenvalue weighted by Crippen LogP contribution is 2.39. The lowest BCUT2D eigenvalue weighted by Crippen LogP contribution is -2.06. The quantitative estimate of drug-likeness (QED) is 0.159. The molecular weight excluding hydrogens is 643 g/mol. The molecule has 0 amide bonds. The molecule has 0 saturated carbocycles. The van der Waals surface area contributed by atoms with Crippen molar-refractivity contribution in [3.05, 3.63) is 193 Å². The Morgan fingerprint density at radius 2 is 1.02 bits per heavy atom. The van der Waals surface area contributed by atoms with Crippen LogP contribution in [0.4, 0.5) is 0 Å². The molecule has 2 aromatic heterocycles. The van der Waals surface area contributed by atoms with Gasteiger partial charge in [-0.3, -0.25) is 0 Å². The van der Waals surface area contributed by atoms with Crippen molar-refractivity contribution in [3.63, 3.8) is 0 Å². The summed E-state index contributed by atoms with van der Waals surface area (Å²) in [7, 11) is 0. The molecule has 0 aliphatic carbocycles. The first kappa shape index (κ1) is 32.3. The number of aromatic nitrogens is 2. The molecule has 0 radical (unpaired) electrons. The molecule has 3 heteroatoms. The van der Waals surface area contributed by atoms with Crippen LogP contribution in [0.15, 0.2) is 188 Å². The maximum Gasteiger partial charge on any atom is 0.0541 e. The molecule has 2 N–H and O–H groups in total. The minimum absolute atomic E-state index is 0.216. The predicted octanol–water partition coefficient (Wildman–Crippen LogP) is 13.1. The van der Waals surface area contributed by atoms with Gasteiger partial charge in [0.05, 0.1) is 11.0 Å². The molecular formula is C50H41N3. The third-order valence-electron chi connectivity index (χ3n) is 10.8. The second kappa shape index (κ2) is 13.5. The second-order valence-corrected chi connectivity index (χ2v) is 14.1. The van der Waals surface area contributed by atoms with E-state index < -0.39 is 0 Å². The number of benzene rings is 7. The molecule has 256 valence electrons. The highest BCUT2D eigenvalue weighted by molar-refractivity contribution is 6.12. The van der Waals surface area contributed by atoms with Crippen LogP contribution in [0.2, 0.25) is 0 Å². The maximum atomic E-state index is 6.03. The topological polar surface area (TPSA) is 35.9 Å². The Balaban J connectivity index is 1.10. The van der Waals surface area contributed by atoms with Crippen molar-refractivity contribution in [1.82, 2.24) is 9.13 Å². The zero-order valence-electron chi connectivity index (χ0n) is 30.1. The Labute approximate surface area is 310 Å². The SMILES string of the molecule is C/C(CC(C)n1c2ccccc2c2cc(-c3ccc4c(c3)c3ccccc3n4-c3ccccc3)ccc21)=C(/C=C\N)c1ccc(-c2ccccc2)cc1. The fraction of sp³-hybridized carbons (Fsp3) is 0.0800. The van der Waals surface area contributed by atoms with Crippen LogP contribution < -0.4 is 5.73 Å². The van der Waals surface area contributed by atoms with Crippen LogP contribution >= 0.6 is 0 Å². The number of rotatable bonds is 8. The summed E-state index contributed by atoms with van der Waals surface area (Å²) in [5.74, 6) is 0. The zero-order chi connectivity index (χ0) is 35.9. The Morgan fingerprint density at radius 1 is 0.528 bits per heavy atom. The number of allylic oxidation sites excluding steroid dienone is 3. The lowest BCUT2D eigenvalue weighted by molar-refractivity contribution is 0.576. The monoisotopic (exact) mass is 683 g/mol. The smallest absolute Gasteiger partial charge is 0.0541 e. The van der Waals surface area contributed by atoms with Gasteiger partial charge >= 0.3 is 0 Å². The van der Waals surface area contributed by atoms with Gasteiger partial charge in [-0.1, -0.05) is 127 Å². The van der Waals surface area contributed by atoms with E-state index in [1.165, 1.54) is 88.3 Å². The molecule has 53 heavy (non-hydrogen) atoms. The molecule has 0 aliphatic rings. The fourth-order valence-electron chi connectivity index (χ4n) is 8.36. The Morgan fingerprint density at radius 3 is 1.70 bits per heavy atom. The van der Waals surface area contributed by atoms with Gasteiger partial charge in [0.1, 0.15) is 0 Å². The van der Waals surface area contributed by atoms with E-state index in [2.05, 4.69) is 193 Å². The normalized spacial score (nSPS) is 13.0. The molecule has 0 saturated heterocycles. The summed E-state index contributed by atoms with van der Waals surface area (Å²) in [4.78, 5) is 0. The van der Waals surface area contributed by atoms with Crippen molar-refractivity contribution in [3.8, 4) is 27.9 Å². The summed E-state index contributed by atoms with van der Waals surface area (Å²) < 4.78 is 4.90. The van der Waals surface area contributed by atoms with Gasteiger partial charge in [0, 0.05) is 44.3 Å². The van der Waals surface area contributed by atoms with Gasteiger partial charge in [0.25, 0.3) is 0 Å². The molecule has 2 heterocycles. The first-order valence-corrected chi connectivity index (χ1v) is 18.4. The van der Waals surface area contributed by atoms with Crippen molar-refractivity contribution in [2.24, 2.45) is 5.73 Å². The first-order valence-electron chi connectivity index (χ1n) is 18.4. The van der Waals surface area contributed by atoms with Crippen molar-refractivity contribution in [2.75, 3.05) is 0 Å². The summed E-state index contributed by atoms with van der Waals surface area (Å²) in [6.45, 7) is 4.58. The van der Waals surface area contributed by atoms with Gasteiger partial charge in [0.15, 0.2) is 0 Å². The zero-order valence-corrected chi connectivity index (χ0v) is 30.1. The molecule has 0 spiro atoms. The van der Waals surface area contributed by atoms with Crippen LogP contribution in [-0.2, 0) is 0 Å². The number of fused-ring (bicyclic) bond motifs is 6.